The van der Waals surface area contributed by atoms with Crippen molar-refractivity contribution in [3.8, 4) is 0 Å². The maximum absolute atomic E-state index is 12.2. The Morgan fingerprint density at radius 2 is 1.96 bits per heavy atom. The summed E-state index contributed by atoms with van der Waals surface area (Å²) in [5.74, 6) is -0.259. The lowest BCUT2D eigenvalue weighted by Gasteiger charge is -2.03. The first kappa shape index (κ1) is 18.7. The van der Waals surface area contributed by atoms with E-state index in [9.17, 15) is 14.9 Å². The number of hydrogen-bond donors (Lipinski definition) is 1. The Balaban J connectivity index is 1.63. The SMILES string of the molecule is Cc1nn(CC(=O)Nc2ncn(Cc3ccc(Br)cc3)n2)c(C)c1[N+](=O)[O-]. The second-order valence-electron chi connectivity index (χ2n) is 5.87. The van der Waals surface area contributed by atoms with Gasteiger partial charge in [-0.3, -0.25) is 24.9 Å². The van der Waals surface area contributed by atoms with Crippen molar-refractivity contribution in [1.82, 2.24) is 24.5 Å². The van der Waals surface area contributed by atoms with E-state index in [1.165, 1.54) is 17.9 Å². The van der Waals surface area contributed by atoms with Crippen LogP contribution in [-0.2, 0) is 17.9 Å². The smallest absolute Gasteiger partial charge is 0.292 e. The van der Waals surface area contributed by atoms with Crippen molar-refractivity contribution in [2.24, 2.45) is 0 Å². The Hall–Kier alpha value is -3.08. The van der Waals surface area contributed by atoms with Crippen LogP contribution in [0.15, 0.2) is 35.1 Å². The molecule has 27 heavy (non-hydrogen) atoms. The number of carbonyl (C=O) groups excluding carboxylic acids is 1. The van der Waals surface area contributed by atoms with Crippen LogP contribution in [0.3, 0.4) is 0 Å². The molecular formula is C16H16BrN7O3. The number of nitro groups is 1. The van der Waals surface area contributed by atoms with Crippen molar-refractivity contribution < 1.29 is 9.72 Å². The molecule has 1 amide bonds. The van der Waals surface area contributed by atoms with E-state index in [-0.39, 0.29) is 23.9 Å². The van der Waals surface area contributed by atoms with E-state index in [0.717, 1.165) is 10.0 Å². The minimum atomic E-state index is -0.503. The zero-order valence-electron chi connectivity index (χ0n) is 14.6. The largest absolute Gasteiger partial charge is 0.312 e. The quantitative estimate of drug-likeness (QED) is 0.470. The molecule has 0 aliphatic carbocycles. The molecule has 1 N–H and O–H groups in total. The second kappa shape index (κ2) is 7.66. The number of anilines is 1. The first-order valence-corrected chi connectivity index (χ1v) is 8.75. The highest BCUT2D eigenvalue weighted by atomic mass is 79.9. The normalized spacial score (nSPS) is 10.8. The fourth-order valence-electron chi connectivity index (χ4n) is 2.61. The molecule has 2 aromatic heterocycles. The highest BCUT2D eigenvalue weighted by Crippen LogP contribution is 2.21. The van der Waals surface area contributed by atoms with Gasteiger partial charge in [0.25, 0.3) is 0 Å². The average Bonchev–Trinajstić information content (AvgIpc) is 3.13. The van der Waals surface area contributed by atoms with Gasteiger partial charge in [0.05, 0.1) is 11.5 Å². The molecule has 0 radical (unpaired) electrons. The van der Waals surface area contributed by atoms with E-state index < -0.39 is 10.8 Å². The maximum Gasteiger partial charge on any atom is 0.312 e. The fraction of sp³-hybridized carbons (Fsp3) is 0.250. The number of halogens is 1. The maximum atomic E-state index is 12.2. The average molecular weight is 434 g/mol. The molecule has 0 aliphatic heterocycles. The van der Waals surface area contributed by atoms with Crippen LogP contribution in [0.5, 0.6) is 0 Å². The summed E-state index contributed by atoms with van der Waals surface area (Å²) in [6, 6.07) is 7.78. The predicted molar refractivity (Wildman–Crippen MR) is 100 cm³/mol. The van der Waals surface area contributed by atoms with Crippen LogP contribution in [-0.4, -0.2) is 35.4 Å². The van der Waals surface area contributed by atoms with Crippen molar-refractivity contribution >= 4 is 33.5 Å². The molecule has 3 rings (SSSR count). The number of aromatic nitrogens is 5. The summed E-state index contributed by atoms with van der Waals surface area (Å²) in [5.41, 5.74) is 1.54. The highest BCUT2D eigenvalue weighted by molar-refractivity contribution is 9.10. The van der Waals surface area contributed by atoms with Crippen molar-refractivity contribution in [2.75, 3.05) is 5.32 Å². The van der Waals surface area contributed by atoms with Crippen molar-refractivity contribution in [3.05, 3.63) is 62.1 Å². The molecule has 140 valence electrons. The van der Waals surface area contributed by atoms with Gasteiger partial charge >= 0.3 is 5.69 Å². The van der Waals surface area contributed by atoms with Crippen molar-refractivity contribution in [1.29, 1.82) is 0 Å². The van der Waals surface area contributed by atoms with Gasteiger partial charge in [0.15, 0.2) is 0 Å². The topological polar surface area (TPSA) is 121 Å². The molecule has 0 unspecified atom stereocenters. The summed E-state index contributed by atoms with van der Waals surface area (Å²) in [6.07, 6.45) is 1.52. The lowest BCUT2D eigenvalue weighted by molar-refractivity contribution is -0.386. The number of hydrogen-bond acceptors (Lipinski definition) is 6. The van der Waals surface area contributed by atoms with E-state index in [2.05, 4.69) is 36.4 Å². The molecule has 3 aromatic rings. The van der Waals surface area contributed by atoms with Crippen LogP contribution in [0.2, 0.25) is 0 Å². The zero-order chi connectivity index (χ0) is 19.6. The molecule has 0 bridgehead atoms. The Morgan fingerprint density at radius 1 is 1.26 bits per heavy atom. The Morgan fingerprint density at radius 3 is 2.59 bits per heavy atom. The molecule has 11 heteroatoms. The number of amides is 1. The van der Waals surface area contributed by atoms with Gasteiger partial charge < -0.3 is 0 Å². The van der Waals surface area contributed by atoms with Gasteiger partial charge in [0.2, 0.25) is 11.9 Å². The number of nitrogens with one attached hydrogen (secondary N) is 1. The molecule has 1 aromatic carbocycles. The third-order valence-corrected chi connectivity index (χ3v) is 4.39. The lowest BCUT2D eigenvalue weighted by Crippen LogP contribution is -2.21. The molecule has 0 atom stereocenters. The molecule has 0 fully saturated rings. The number of rotatable bonds is 6. The fourth-order valence-corrected chi connectivity index (χ4v) is 2.88. The first-order valence-electron chi connectivity index (χ1n) is 7.95. The minimum Gasteiger partial charge on any atom is -0.292 e. The Labute approximate surface area is 162 Å². The molecule has 0 saturated carbocycles. The highest BCUT2D eigenvalue weighted by Gasteiger charge is 2.23. The summed E-state index contributed by atoms with van der Waals surface area (Å²) in [6.45, 7) is 3.43. The van der Waals surface area contributed by atoms with Crippen LogP contribution in [0.25, 0.3) is 0 Å². The van der Waals surface area contributed by atoms with E-state index >= 15 is 0 Å². The summed E-state index contributed by atoms with van der Waals surface area (Å²) < 4.78 is 3.89. The van der Waals surface area contributed by atoms with Gasteiger partial charge in [-0.25, -0.2) is 9.67 Å². The summed E-state index contributed by atoms with van der Waals surface area (Å²) in [7, 11) is 0. The molecule has 2 heterocycles. The van der Waals surface area contributed by atoms with Crippen LogP contribution < -0.4 is 5.32 Å². The lowest BCUT2D eigenvalue weighted by atomic mass is 10.2. The summed E-state index contributed by atoms with van der Waals surface area (Å²) in [4.78, 5) is 26.8. The van der Waals surface area contributed by atoms with Crippen molar-refractivity contribution in [3.63, 3.8) is 0 Å². The van der Waals surface area contributed by atoms with Crippen LogP contribution in [0.4, 0.5) is 11.6 Å². The molecular weight excluding hydrogens is 418 g/mol. The Bertz CT molecular complexity index is 994. The van der Waals surface area contributed by atoms with Gasteiger partial charge in [0.1, 0.15) is 24.3 Å². The van der Waals surface area contributed by atoms with Crippen LogP contribution in [0, 0.1) is 24.0 Å². The van der Waals surface area contributed by atoms with Crippen molar-refractivity contribution in [2.45, 2.75) is 26.9 Å². The van der Waals surface area contributed by atoms with E-state index in [4.69, 9.17) is 0 Å². The Kier molecular flexibility index (Phi) is 5.31. The standard InChI is InChI=1S/C16H16BrN7O3/c1-10-15(24(26)27)11(2)23(20-10)8-14(25)19-16-18-9-22(21-16)7-12-3-5-13(17)6-4-12/h3-6,9H,7-8H2,1-2H3,(H,19,21,25). The second-order valence-corrected chi connectivity index (χ2v) is 6.79. The number of nitrogens with zero attached hydrogens (tertiary/aromatic N) is 6. The summed E-state index contributed by atoms with van der Waals surface area (Å²) in [5, 5.41) is 21.9. The van der Waals surface area contributed by atoms with Gasteiger partial charge in [-0.1, -0.05) is 28.1 Å². The van der Waals surface area contributed by atoms with Crippen LogP contribution >= 0.6 is 15.9 Å². The molecule has 0 aliphatic rings. The van der Waals surface area contributed by atoms with E-state index in [1.807, 2.05) is 24.3 Å². The monoisotopic (exact) mass is 433 g/mol. The molecule has 0 spiro atoms. The van der Waals surface area contributed by atoms with Gasteiger partial charge in [0, 0.05) is 4.47 Å². The van der Waals surface area contributed by atoms with Gasteiger partial charge in [-0.2, -0.15) is 5.10 Å². The van der Waals surface area contributed by atoms with E-state index in [0.29, 0.717) is 12.2 Å². The predicted octanol–water partition coefficient (Wildman–Crippen LogP) is 2.45. The van der Waals surface area contributed by atoms with E-state index in [1.54, 1.807) is 11.6 Å². The third-order valence-electron chi connectivity index (χ3n) is 3.86. The minimum absolute atomic E-state index is 0.0836. The zero-order valence-corrected chi connectivity index (χ0v) is 16.2. The van der Waals surface area contributed by atoms with Crippen LogP contribution in [0.1, 0.15) is 17.0 Å². The molecule has 10 nitrogen and oxygen atoms in total. The number of benzene rings is 1. The van der Waals surface area contributed by atoms with Gasteiger partial charge in [-0.15, -0.1) is 5.10 Å². The molecule has 0 saturated heterocycles. The number of carbonyl (C=O) groups is 1. The third kappa shape index (κ3) is 4.37. The summed E-state index contributed by atoms with van der Waals surface area (Å²) >= 11 is 3.38. The van der Waals surface area contributed by atoms with Gasteiger partial charge in [-0.05, 0) is 31.5 Å². The first-order chi connectivity index (χ1) is 12.8. The number of aryl methyl sites for hydroxylation is 1.